The number of carbonyl (C=O) groups excluding carboxylic acids is 1. The number of carbonyl (C=O) groups is 1. The lowest BCUT2D eigenvalue weighted by molar-refractivity contribution is -0.0436. The monoisotopic (exact) mass is 230 g/mol. The Morgan fingerprint density at radius 2 is 2.25 bits per heavy atom. The van der Waals surface area contributed by atoms with Crippen molar-refractivity contribution in [1.82, 2.24) is 4.90 Å². The maximum absolute atomic E-state index is 11.8. The largest absolute Gasteiger partial charge is 0.444 e. The van der Waals surface area contributed by atoms with Gasteiger partial charge in [0.2, 0.25) is 0 Å². The van der Waals surface area contributed by atoms with E-state index in [0.717, 1.165) is 6.42 Å². The van der Waals surface area contributed by atoms with Gasteiger partial charge in [0.25, 0.3) is 0 Å². The molecular formula is C11H22N2O3. The summed E-state index contributed by atoms with van der Waals surface area (Å²) in [6, 6.07) is 0. The van der Waals surface area contributed by atoms with Crippen molar-refractivity contribution >= 4 is 6.09 Å². The summed E-state index contributed by atoms with van der Waals surface area (Å²) in [6.45, 7) is 7.90. The molecule has 2 N–H and O–H groups in total. The van der Waals surface area contributed by atoms with Crippen LogP contribution in [0.25, 0.3) is 0 Å². The Bertz CT molecular complexity index is 236. The predicted molar refractivity (Wildman–Crippen MR) is 61.2 cm³/mol. The van der Waals surface area contributed by atoms with Gasteiger partial charge in [0, 0.05) is 6.54 Å². The minimum absolute atomic E-state index is 0.0475. The first-order chi connectivity index (χ1) is 7.42. The molecular weight excluding hydrogens is 208 g/mol. The Hall–Kier alpha value is -0.810. The molecule has 0 spiro atoms. The van der Waals surface area contributed by atoms with Gasteiger partial charge in [-0.3, -0.25) is 0 Å². The summed E-state index contributed by atoms with van der Waals surface area (Å²) in [5.41, 5.74) is 5.02. The predicted octanol–water partition coefficient (Wildman–Crippen LogP) is 0.971. The van der Waals surface area contributed by atoms with Crippen molar-refractivity contribution in [3.8, 4) is 0 Å². The lowest BCUT2D eigenvalue weighted by atomic mass is 10.2. The van der Waals surface area contributed by atoms with Crippen molar-refractivity contribution < 1.29 is 14.3 Å². The molecule has 0 aromatic heterocycles. The average Bonchev–Trinajstić information content (AvgIpc) is 2.16. The molecule has 1 heterocycles. The Morgan fingerprint density at radius 3 is 2.81 bits per heavy atom. The number of nitrogens with zero attached hydrogens (tertiary/aromatic N) is 1. The van der Waals surface area contributed by atoms with E-state index in [1.807, 2.05) is 20.8 Å². The molecule has 94 valence electrons. The molecule has 0 bridgehead atoms. The molecule has 1 aliphatic heterocycles. The third-order valence-electron chi connectivity index (χ3n) is 2.28. The van der Waals surface area contributed by atoms with Gasteiger partial charge in [-0.1, -0.05) is 0 Å². The maximum Gasteiger partial charge on any atom is 0.410 e. The second kappa shape index (κ2) is 5.50. The van der Waals surface area contributed by atoms with E-state index in [1.165, 1.54) is 0 Å². The first kappa shape index (κ1) is 13.3. The summed E-state index contributed by atoms with van der Waals surface area (Å²) in [5, 5.41) is 0. The standard InChI is InChI=1S/C11H22N2O3/c1-11(2,3)16-10(14)13-6-7-15-9(8-13)4-5-12/h9H,4-8,12H2,1-3H3/t9-/m1/s1. The zero-order valence-corrected chi connectivity index (χ0v) is 10.4. The molecule has 0 unspecified atom stereocenters. The van der Waals surface area contributed by atoms with Gasteiger partial charge in [0.1, 0.15) is 5.60 Å². The number of ether oxygens (including phenoxy) is 2. The van der Waals surface area contributed by atoms with Crippen molar-refractivity contribution in [2.75, 3.05) is 26.2 Å². The van der Waals surface area contributed by atoms with E-state index in [-0.39, 0.29) is 12.2 Å². The Morgan fingerprint density at radius 1 is 1.56 bits per heavy atom. The molecule has 0 radical (unpaired) electrons. The average molecular weight is 230 g/mol. The molecule has 1 atom stereocenters. The number of morpholine rings is 1. The first-order valence-electron chi connectivity index (χ1n) is 5.72. The highest BCUT2D eigenvalue weighted by Crippen LogP contribution is 2.13. The molecule has 1 fully saturated rings. The van der Waals surface area contributed by atoms with Crippen LogP contribution in [0.15, 0.2) is 0 Å². The lowest BCUT2D eigenvalue weighted by Crippen LogP contribution is -2.47. The van der Waals surface area contributed by atoms with Gasteiger partial charge >= 0.3 is 6.09 Å². The van der Waals surface area contributed by atoms with Gasteiger partial charge in [0.05, 0.1) is 19.3 Å². The number of hydrogen-bond acceptors (Lipinski definition) is 4. The van der Waals surface area contributed by atoms with Crippen molar-refractivity contribution in [3.63, 3.8) is 0 Å². The van der Waals surface area contributed by atoms with E-state index in [2.05, 4.69) is 0 Å². The van der Waals surface area contributed by atoms with Crippen molar-refractivity contribution in [3.05, 3.63) is 0 Å². The molecule has 1 aliphatic rings. The summed E-state index contributed by atoms with van der Waals surface area (Å²) < 4.78 is 10.8. The summed E-state index contributed by atoms with van der Waals surface area (Å²) in [4.78, 5) is 13.5. The van der Waals surface area contributed by atoms with Gasteiger partial charge in [-0.05, 0) is 33.7 Å². The highest BCUT2D eigenvalue weighted by atomic mass is 16.6. The molecule has 5 nitrogen and oxygen atoms in total. The Labute approximate surface area is 96.9 Å². The minimum atomic E-state index is -0.446. The van der Waals surface area contributed by atoms with Gasteiger partial charge in [-0.2, -0.15) is 0 Å². The zero-order chi connectivity index (χ0) is 12.2. The number of rotatable bonds is 2. The first-order valence-corrected chi connectivity index (χ1v) is 5.72. The molecule has 1 saturated heterocycles. The molecule has 0 aromatic carbocycles. The summed E-state index contributed by atoms with van der Waals surface area (Å²) >= 11 is 0. The highest BCUT2D eigenvalue weighted by molar-refractivity contribution is 5.68. The van der Waals surface area contributed by atoms with Crippen LogP contribution in [-0.2, 0) is 9.47 Å². The van der Waals surface area contributed by atoms with Crippen molar-refractivity contribution in [1.29, 1.82) is 0 Å². The second-order valence-electron chi connectivity index (χ2n) is 5.00. The minimum Gasteiger partial charge on any atom is -0.444 e. The fourth-order valence-electron chi connectivity index (χ4n) is 1.57. The van der Waals surface area contributed by atoms with Crippen LogP contribution in [0.5, 0.6) is 0 Å². The van der Waals surface area contributed by atoms with Gasteiger partial charge in [-0.25, -0.2) is 4.79 Å². The Kier molecular flexibility index (Phi) is 4.56. The van der Waals surface area contributed by atoms with Crippen LogP contribution in [0.1, 0.15) is 27.2 Å². The molecule has 0 saturated carbocycles. The SMILES string of the molecule is CC(C)(C)OC(=O)N1CCO[C@H](CCN)C1. The number of amides is 1. The lowest BCUT2D eigenvalue weighted by Gasteiger charge is -2.34. The van der Waals surface area contributed by atoms with E-state index >= 15 is 0 Å². The van der Waals surface area contributed by atoms with Crippen molar-refractivity contribution in [2.24, 2.45) is 5.73 Å². The summed E-state index contributed by atoms with van der Waals surface area (Å²) in [6.07, 6.45) is 0.559. The molecule has 5 heteroatoms. The van der Waals surface area contributed by atoms with Crippen LogP contribution in [-0.4, -0.2) is 48.9 Å². The van der Waals surface area contributed by atoms with Crippen molar-refractivity contribution in [2.45, 2.75) is 38.9 Å². The summed E-state index contributed by atoms with van der Waals surface area (Å²) in [5.74, 6) is 0. The van der Waals surface area contributed by atoms with Crippen LogP contribution in [0.3, 0.4) is 0 Å². The third kappa shape index (κ3) is 4.37. The van der Waals surface area contributed by atoms with Gasteiger partial charge < -0.3 is 20.1 Å². The Balaban J connectivity index is 2.44. The van der Waals surface area contributed by atoms with Crippen LogP contribution in [0.4, 0.5) is 4.79 Å². The third-order valence-corrected chi connectivity index (χ3v) is 2.28. The molecule has 1 amide bonds. The summed E-state index contributed by atoms with van der Waals surface area (Å²) in [7, 11) is 0. The van der Waals surface area contributed by atoms with E-state index in [0.29, 0.717) is 26.2 Å². The second-order valence-corrected chi connectivity index (χ2v) is 5.00. The van der Waals surface area contributed by atoms with Gasteiger partial charge in [-0.15, -0.1) is 0 Å². The topological polar surface area (TPSA) is 64.8 Å². The normalized spacial score (nSPS) is 22.0. The molecule has 16 heavy (non-hydrogen) atoms. The smallest absolute Gasteiger partial charge is 0.410 e. The fraction of sp³-hybridized carbons (Fsp3) is 0.909. The van der Waals surface area contributed by atoms with Crippen LogP contribution in [0.2, 0.25) is 0 Å². The molecule has 0 aliphatic carbocycles. The molecule has 0 aromatic rings. The van der Waals surface area contributed by atoms with Gasteiger partial charge in [0.15, 0.2) is 0 Å². The van der Waals surface area contributed by atoms with E-state index in [1.54, 1.807) is 4.90 Å². The van der Waals surface area contributed by atoms with E-state index in [4.69, 9.17) is 15.2 Å². The fourth-order valence-corrected chi connectivity index (χ4v) is 1.57. The van der Waals surface area contributed by atoms with E-state index < -0.39 is 5.60 Å². The quantitative estimate of drug-likeness (QED) is 0.767. The van der Waals surface area contributed by atoms with Crippen LogP contribution >= 0.6 is 0 Å². The molecule has 1 rings (SSSR count). The van der Waals surface area contributed by atoms with E-state index in [9.17, 15) is 4.79 Å². The number of hydrogen-bond donors (Lipinski definition) is 1. The number of nitrogens with two attached hydrogens (primary N) is 1. The maximum atomic E-state index is 11.8. The van der Waals surface area contributed by atoms with Crippen LogP contribution < -0.4 is 5.73 Å². The highest BCUT2D eigenvalue weighted by Gasteiger charge is 2.27. The zero-order valence-electron chi connectivity index (χ0n) is 10.4. The van der Waals surface area contributed by atoms with Crippen LogP contribution in [0, 0.1) is 0 Å².